The molecule has 0 spiro atoms. The monoisotopic (exact) mass is 423 g/mol. The van der Waals surface area contributed by atoms with E-state index in [9.17, 15) is 4.79 Å². The molecule has 6 nitrogen and oxygen atoms in total. The topological polar surface area (TPSA) is 73.1 Å². The molecule has 31 heavy (non-hydrogen) atoms. The summed E-state index contributed by atoms with van der Waals surface area (Å²) in [5.41, 5.74) is 3.64. The van der Waals surface area contributed by atoms with Crippen LogP contribution in [0.4, 0.5) is 0 Å². The van der Waals surface area contributed by atoms with Crippen LogP contribution in [-0.4, -0.2) is 54.0 Å². The summed E-state index contributed by atoms with van der Waals surface area (Å²) in [5, 5.41) is 6.38. The molecule has 1 saturated heterocycles. The summed E-state index contributed by atoms with van der Waals surface area (Å²) in [7, 11) is 3.88. The molecule has 1 saturated carbocycles. The largest absolute Gasteiger partial charge is 0.340 e. The van der Waals surface area contributed by atoms with Gasteiger partial charge in [0.2, 0.25) is 5.91 Å². The van der Waals surface area contributed by atoms with Crippen molar-refractivity contribution in [2.75, 3.05) is 27.2 Å². The molecule has 1 aromatic carbocycles. The maximum atomic E-state index is 12.7. The first-order chi connectivity index (χ1) is 15.1. The Labute approximate surface area is 186 Å². The van der Waals surface area contributed by atoms with E-state index in [0.29, 0.717) is 5.92 Å². The van der Waals surface area contributed by atoms with Crippen LogP contribution in [0.25, 0.3) is 11.3 Å². The van der Waals surface area contributed by atoms with Crippen molar-refractivity contribution in [1.82, 2.24) is 25.5 Å². The van der Waals surface area contributed by atoms with Crippen molar-refractivity contribution in [3.63, 3.8) is 0 Å². The lowest BCUT2D eigenvalue weighted by Crippen LogP contribution is -2.43. The molecule has 2 aromatic rings. The summed E-state index contributed by atoms with van der Waals surface area (Å²) < 4.78 is 0. The van der Waals surface area contributed by atoms with Gasteiger partial charge in [0.15, 0.2) is 0 Å². The Morgan fingerprint density at radius 3 is 2.58 bits per heavy atom. The quantitative estimate of drug-likeness (QED) is 0.633. The highest BCUT2D eigenvalue weighted by molar-refractivity contribution is 5.82. The summed E-state index contributed by atoms with van der Waals surface area (Å²) >= 11 is 0. The van der Waals surface area contributed by atoms with Crippen molar-refractivity contribution in [2.24, 2.45) is 5.92 Å². The van der Waals surface area contributed by atoms with Crippen LogP contribution < -0.4 is 10.6 Å². The van der Waals surface area contributed by atoms with E-state index in [1.165, 1.54) is 31.2 Å². The summed E-state index contributed by atoms with van der Waals surface area (Å²) in [6, 6.07) is 8.89. The van der Waals surface area contributed by atoms with Crippen LogP contribution in [0.15, 0.2) is 30.5 Å². The second-order valence-corrected chi connectivity index (χ2v) is 9.28. The van der Waals surface area contributed by atoms with Gasteiger partial charge in [0.05, 0.1) is 24.0 Å². The van der Waals surface area contributed by atoms with Crippen LogP contribution >= 0.6 is 0 Å². The number of aromatic nitrogens is 2. The molecule has 0 radical (unpaired) electrons. The first kappa shape index (κ1) is 22.0. The molecule has 2 aliphatic rings. The molecule has 6 heteroatoms. The molecule has 3 N–H and O–H groups in total. The number of benzene rings is 1. The minimum Gasteiger partial charge on any atom is -0.340 e. The zero-order valence-electron chi connectivity index (χ0n) is 19.2. The van der Waals surface area contributed by atoms with E-state index in [1.807, 2.05) is 25.1 Å². The average Bonchev–Trinajstić information content (AvgIpc) is 3.48. The minimum atomic E-state index is -0.170. The summed E-state index contributed by atoms with van der Waals surface area (Å²) in [5.74, 6) is 2.57. The molecule has 168 valence electrons. The highest BCUT2D eigenvalue weighted by Gasteiger charge is 2.33. The molecule has 1 aliphatic heterocycles. The highest BCUT2D eigenvalue weighted by Crippen LogP contribution is 2.36. The first-order valence-corrected chi connectivity index (χ1v) is 11.9. The van der Waals surface area contributed by atoms with Gasteiger partial charge >= 0.3 is 0 Å². The fourth-order valence-corrected chi connectivity index (χ4v) is 5.26. The van der Waals surface area contributed by atoms with Crippen molar-refractivity contribution in [2.45, 2.75) is 63.5 Å². The molecular formula is C25H37N5O. The average molecular weight is 424 g/mol. The van der Waals surface area contributed by atoms with Crippen molar-refractivity contribution >= 4 is 5.91 Å². The van der Waals surface area contributed by atoms with Crippen LogP contribution in [-0.2, 0) is 4.79 Å². The number of carbonyl (C=O) groups excluding carboxylic acids is 1. The number of hydrogen-bond donors (Lipinski definition) is 3. The molecule has 2 atom stereocenters. The number of rotatable bonds is 7. The maximum Gasteiger partial charge on any atom is 0.240 e. The van der Waals surface area contributed by atoms with E-state index >= 15 is 0 Å². The Hall–Kier alpha value is -2.18. The Morgan fingerprint density at radius 1 is 1.16 bits per heavy atom. The van der Waals surface area contributed by atoms with E-state index in [0.717, 1.165) is 48.9 Å². The molecule has 1 aromatic heterocycles. The molecule has 2 fully saturated rings. The van der Waals surface area contributed by atoms with Gasteiger partial charge in [-0.05, 0) is 89.1 Å². The lowest BCUT2D eigenvalue weighted by molar-refractivity contribution is -0.134. The van der Waals surface area contributed by atoms with E-state index < -0.39 is 0 Å². The predicted molar refractivity (Wildman–Crippen MR) is 125 cm³/mol. The molecule has 1 amide bonds. The van der Waals surface area contributed by atoms with Crippen LogP contribution in [0.5, 0.6) is 0 Å². The number of nitrogens with one attached hydrogen (secondary N) is 3. The van der Waals surface area contributed by atoms with Gasteiger partial charge in [0, 0.05) is 6.54 Å². The fourth-order valence-electron chi connectivity index (χ4n) is 5.26. The van der Waals surface area contributed by atoms with E-state index in [4.69, 9.17) is 0 Å². The second kappa shape index (κ2) is 9.96. The third kappa shape index (κ3) is 4.85. The Balaban J connectivity index is 1.42. The molecular weight excluding hydrogens is 386 g/mol. The van der Waals surface area contributed by atoms with Gasteiger partial charge in [-0.3, -0.25) is 4.79 Å². The number of aromatic amines is 1. The third-order valence-corrected chi connectivity index (χ3v) is 7.28. The molecule has 4 rings (SSSR count). The Bertz CT molecular complexity index is 853. The second-order valence-electron chi connectivity index (χ2n) is 9.28. The SMILES string of the molecule is CNCC1CCC(c2ccc(-c3cnc([C@@H]4CCCN4C(=O)[C@H](C)NC)[nH]3)cc2)CC1. The van der Waals surface area contributed by atoms with Crippen LogP contribution in [0.3, 0.4) is 0 Å². The summed E-state index contributed by atoms with van der Waals surface area (Å²) in [6.45, 7) is 3.86. The lowest BCUT2D eigenvalue weighted by atomic mass is 9.78. The third-order valence-electron chi connectivity index (χ3n) is 7.28. The van der Waals surface area contributed by atoms with Gasteiger partial charge in [-0.25, -0.2) is 4.98 Å². The summed E-state index contributed by atoms with van der Waals surface area (Å²) in [4.78, 5) is 22.8. The minimum absolute atomic E-state index is 0.0455. The maximum absolute atomic E-state index is 12.7. The fraction of sp³-hybridized carbons (Fsp3) is 0.600. The van der Waals surface area contributed by atoms with Gasteiger partial charge in [0.1, 0.15) is 5.82 Å². The van der Waals surface area contributed by atoms with E-state index in [-0.39, 0.29) is 18.0 Å². The van der Waals surface area contributed by atoms with Gasteiger partial charge in [-0.15, -0.1) is 0 Å². The zero-order chi connectivity index (χ0) is 21.8. The van der Waals surface area contributed by atoms with Gasteiger partial charge < -0.3 is 20.5 Å². The normalized spacial score (nSPS) is 25.0. The number of hydrogen-bond acceptors (Lipinski definition) is 4. The standard InChI is InChI=1S/C25H37N5O/c1-17(27-3)25(31)30-14-4-5-23(30)24-28-16-22(29-24)21-12-10-20(11-13-21)19-8-6-18(7-9-19)15-26-2/h10-13,16-19,23,26-27H,4-9,14-15H2,1-3H3,(H,28,29)/t17-,18?,19?,23-/m0/s1. The van der Waals surface area contributed by atoms with Crippen molar-refractivity contribution in [3.8, 4) is 11.3 Å². The van der Waals surface area contributed by atoms with E-state index in [1.54, 1.807) is 0 Å². The number of H-pyrrole nitrogens is 1. The van der Waals surface area contributed by atoms with Crippen LogP contribution in [0.2, 0.25) is 0 Å². The highest BCUT2D eigenvalue weighted by atomic mass is 16.2. The summed E-state index contributed by atoms with van der Waals surface area (Å²) in [6.07, 6.45) is 9.11. The number of nitrogens with zero attached hydrogens (tertiary/aromatic N) is 2. The Kier molecular flexibility index (Phi) is 7.08. The Morgan fingerprint density at radius 2 is 1.90 bits per heavy atom. The number of carbonyl (C=O) groups is 1. The van der Waals surface area contributed by atoms with Gasteiger partial charge in [0.25, 0.3) is 0 Å². The number of likely N-dealkylation sites (tertiary alicyclic amines) is 1. The van der Waals surface area contributed by atoms with Crippen LogP contribution in [0.1, 0.15) is 68.8 Å². The number of amides is 1. The van der Waals surface area contributed by atoms with Gasteiger partial charge in [-0.1, -0.05) is 24.3 Å². The van der Waals surface area contributed by atoms with Gasteiger partial charge in [-0.2, -0.15) is 0 Å². The van der Waals surface area contributed by atoms with Crippen LogP contribution in [0, 0.1) is 5.92 Å². The number of imidazole rings is 1. The lowest BCUT2D eigenvalue weighted by Gasteiger charge is -2.28. The zero-order valence-corrected chi connectivity index (χ0v) is 19.2. The molecule has 1 aliphatic carbocycles. The van der Waals surface area contributed by atoms with Crippen molar-refractivity contribution in [1.29, 1.82) is 0 Å². The molecule has 0 unspecified atom stereocenters. The van der Waals surface area contributed by atoms with Crippen molar-refractivity contribution < 1.29 is 4.79 Å². The predicted octanol–water partition coefficient (Wildman–Crippen LogP) is 3.84. The molecule has 0 bridgehead atoms. The first-order valence-electron chi connectivity index (χ1n) is 11.9. The number of likely N-dealkylation sites (N-methyl/N-ethyl adjacent to an activating group) is 1. The molecule has 2 heterocycles. The smallest absolute Gasteiger partial charge is 0.240 e. The van der Waals surface area contributed by atoms with E-state index in [2.05, 4.69) is 51.9 Å². The van der Waals surface area contributed by atoms with Crippen molar-refractivity contribution in [3.05, 3.63) is 41.9 Å².